The van der Waals surface area contributed by atoms with E-state index in [0.717, 1.165) is 11.8 Å². The van der Waals surface area contributed by atoms with Crippen LogP contribution in [0.2, 0.25) is 0 Å². The summed E-state index contributed by atoms with van der Waals surface area (Å²) in [6.45, 7) is 1.41. The van der Waals surface area contributed by atoms with Crippen LogP contribution in [-0.2, 0) is 6.54 Å². The molecule has 3 nitrogen and oxygen atoms in total. The van der Waals surface area contributed by atoms with E-state index in [9.17, 15) is 8.78 Å². The fraction of sp³-hybridized carbons (Fsp3) is 0.214. The third-order valence-electron chi connectivity index (χ3n) is 2.52. The molecule has 1 heterocycles. The molecule has 0 fully saturated rings. The van der Waals surface area contributed by atoms with Crippen molar-refractivity contribution in [2.24, 2.45) is 0 Å². The quantitative estimate of drug-likeness (QED) is 0.818. The highest BCUT2D eigenvalue weighted by Crippen LogP contribution is 2.28. The predicted molar refractivity (Wildman–Crippen MR) is 75.5 cm³/mol. The van der Waals surface area contributed by atoms with Crippen LogP contribution in [-0.4, -0.2) is 18.1 Å². The fourth-order valence-electron chi connectivity index (χ4n) is 1.61. The standard InChI is InChI=1S/C14H13BrF2N2O/c15-12-7-10(16)8-13(17)14(12)20-6-5-18-9-11-3-1-2-4-19-11/h1-4,7-8,18H,5-6,9H2. The molecular weight excluding hydrogens is 330 g/mol. The number of ether oxygens (including phenoxy) is 1. The Labute approximate surface area is 124 Å². The monoisotopic (exact) mass is 342 g/mol. The van der Waals surface area contributed by atoms with Crippen LogP contribution in [0.3, 0.4) is 0 Å². The number of benzene rings is 1. The van der Waals surface area contributed by atoms with Gasteiger partial charge in [-0.15, -0.1) is 0 Å². The molecule has 0 aliphatic heterocycles. The zero-order chi connectivity index (χ0) is 14.4. The summed E-state index contributed by atoms with van der Waals surface area (Å²) in [6.07, 6.45) is 1.72. The molecule has 0 radical (unpaired) electrons. The van der Waals surface area contributed by atoms with Gasteiger partial charge in [0.15, 0.2) is 11.6 Å². The summed E-state index contributed by atoms with van der Waals surface area (Å²) in [5.41, 5.74) is 0.918. The second kappa shape index (κ2) is 7.31. The Bertz CT molecular complexity index is 543. The molecule has 0 saturated heterocycles. The molecule has 0 saturated carbocycles. The summed E-state index contributed by atoms with van der Waals surface area (Å²) < 4.78 is 31.9. The van der Waals surface area contributed by atoms with Crippen molar-refractivity contribution in [1.29, 1.82) is 0 Å². The first kappa shape index (κ1) is 14.9. The minimum Gasteiger partial charge on any atom is -0.488 e. The highest BCUT2D eigenvalue weighted by atomic mass is 79.9. The van der Waals surface area contributed by atoms with E-state index in [2.05, 4.69) is 26.2 Å². The second-order valence-corrected chi connectivity index (χ2v) is 4.90. The van der Waals surface area contributed by atoms with Gasteiger partial charge in [0.05, 0.1) is 10.2 Å². The van der Waals surface area contributed by atoms with E-state index in [0.29, 0.717) is 13.1 Å². The van der Waals surface area contributed by atoms with E-state index in [1.807, 2.05) is 18.2 Å². The van der Waals surface area contributed by atoms with Crippen LogP contribution < -0.4 is 10.1 Å². The molecule has 0 atom stereocenters. The lowest BCUT2D eigenvalue weighted by molar-refractivity contribution is 0.295. The summed E-state index contributed by atoms with van der Waals surface area (Å²) in [6, 6.07) is 7.62. The molecule has 0 spiro atoms. The Hall–Kier alpha value is -1.53. The zero-order valence-corrected chi connectivity index (χ0v) is 12.2. The molecule has 0 aliphatic rings. The highest BCUT2D eigenvalue weighted by Gasteiger charge is 2.10. The van der Waals surface area contributed by atoms with Crippen molar-refractivity contribution < 1.29 is 13.5 Å². The van der Waals surface area contributed by atoms with Crippen LogP contribution in [0.1, 0.15) is 5.69 Å². The molecule has 1 aromatic carbocycles. The number of rotatable bonds is 6. The van der Waals surface area contributed by atoms with Gasteiger partial charge >= 0.3 is 0 Å². The van der Waals surface area contributed by atoms with Gasteiger partial charge in [-0.3, -0.25) is 4.98 Å². The lowest BCUT2D eigenvalue weighted by atomic mass is 10.3. The van der Waals surface area contributed by atoms with E-state index < -0.39 is 11.6 Å². The van der Waals surface area contributed by atoms with Gasteiger partial charge in [-0.25, -0.2) is 8.78 Å². The van der Waals surface area contributed by atoms with Crippen LogP contribution in [0.25, 0.3) is 0 Å². The van der Waals surface area contributed by atoms with Crippen molar-refractivity contribution in [3.63, 3.8) is 0 Å². The van der Waals surface area contributed by atoms with Crippen LogP contribution in [0.4, 0.5) is 8.78 Å². The highest BCUT2D eigenvalue weighted by molar-refractivity contribution is 9.10. The molecule has 1 N–H and O–H groups in total. The predicted octanol–water partition coefficient (Wildman–Crippen LogP) is 3.29. The van der Waals surface area contributed by atoms with E-state index in [-0.39, 0.29) is 16.8 Å². The summed E-state index contributed by atoms with van der Waals surface area (Å²) >= 11 is 3.07. The first-order valence-electron chi connectivity index (χ1n) is 6.05. The lowest BCUT2D eigenvalue weighted by Crippen LogP contribution is -2.21. The minimum atomic E-state index is -0.721. The summed E-state index contributed by atoms with van der Waals surface area (Å²) in [5, 5.41) is 3.12. The zero-order valence-electron chi connectivity index (χ0n) is 10.6. The van der Waals surface area contributed by atoms with Crippen LogP contribution in [0.15, 0.2) is 41.0 Å². The largest absolute Gasteiger partial charge is 0.488 e. The number of nitrogens with zero attached hydrogens (tertiary/aromatic N) is 1. The first-order valence-corrected chi connectivity index (χ1v) is 6.84. The Morgan fingerprint density at radius 1 is 1.25 bits per heavy atom. The molecule has 2 aromatic rings. The number of hydrogen-bond donors (Lipinski definition) is 1. The smallest absolute Gasteiger partial charge is 0.169 e. The number of aromatic nitrogens is 1. The maximum Gasteiger partial charge on any atom is 0.169 e. The van der Waals surface area contributed by atoms with Gasteiger partial charge in [0, 0.05) is 25.4 Å². The van der Waals surface area contributed by atoms with Gasteiger partial charge in [-0.05, 0) is 34.1 Å². The molecule has 0 bridgehead atoms. The van der Waals surface area contributed by atoms with Crippen molar-refractivity contribution in [2.45, 2.75) is 6.54 Å². The topological polar surface area (TPSA) is 34.1 Å². The van der Waals surface area contributed by atoms with Gasteiger partial charge in [-0.1, -0.05) is 6.07 Å². The van der Waals surface area contributed by atoms with Crippen LogP contribution in [0.5, 0.6) is 5.75 Å². The molecule has 0 amide bonds. The summed E-state index contributed by atoms with van der Waals surface area (Å²) in [5.74, 6) is -1.34. The third-order valence-corrected chi connectivity index (χ3v) is 3.11. The average molecular weight is 343 g/mol. The van der Waals surface area contributed by atoms with E-state index in [4.69, 9.17) is 4.74 Å². The van der Waals surface area contributed by atoms with Crippen molar-refractivity contribution in [1.82, 2.24) is 10.3 Å². The molecule has 2 rings (SSSR count). The molecule has 1 aromatic heterocycles. The van der Waals surface area contributed by atoms with Crippen LogP contribution in [0, 0.1) is 11.6 Å². The van der Waals surface area contributed by atoms with Gasteiger partial charge in [0.1, 0.15) is 12.4 Å². The average Bonchev–Trinajstić information content (AvgIpc) is 2.42. The van der Waals surface area contributed by atoms with E-state index in [1.165, 1.54) is 6.07 Å². The first-order chi connectivity index (χ1) is 9.66. The summed E-state index contributed by atoms with van der Waals surface area (Å²) in [4.78, 5) is 4.16. The van der Waals surface area contributed by atoms with Crippen LogP contribution >= 0.6 is 15.9 Å². The normalized spacial score (nSPS) is 10.6. The van der Waals surface area contributed by atoms with Gasteiger partial charge in [0.25, 0.3) is 0 Å². The van der Waals surface area contributed by atoms with E-state index >= 15 is 0 Å². The Balaban J connectivity index is 1.76. The number of pyridine rings is 1. The SMILES string of the molecule is Fc1cc(F)c(OCCNCc2ccccn2)c(Br)c1. The number of halogens is 3. The molecule has 6 heteroatoms. The van der Waals surface area contributed by atoms with Gasteiger partial charge in [-0.2, -0.15) is 0 Å². The molecular formula is C14H13BrF2N2O. The molecule has 20 heavy (non-hydrogen) atoms. The minimum absolute atomic E-state index is 0.0195. The number of hydrogen-bond acceptors (Lipinski definition) is 3. The number of nitrogens with one attached hydrogen (secondary N) is 1. The summed E-state index contributed by atoms with van der Waals surface area (Å²) in [7, 11) is 0. The third kappa shape index (κ3) is 4.25. The van der Waals surface area contributed by atoms with Crippen molar-refractivity contribution in [2.75, 3.05) is 13.2 Å². The molecule has 0 aliphatic carbocycles. The molecule has 106 valence electrons. The second-order valence-electron chi connectivity index (χ2n) is 4.04. The Morgan fingerprint density at radius 3 is 2.80 bits per heavy atom. The van der Waals surface area contributed by atoms with Gasteiger partial charge in [0.2, 0.25) is 0 Å². The Morgan fingerprint density at radius 2 is 2.10 bits per heavy atom. The van der Waals surface area contributed by atoms with E-state index in [1.54, 1.807) is 6.20 Å². The van der Waals surface area contributed by atoms with Crippen molar-refractivity contribution in [3.8, 4) is 5.75 Å². The fourth-order valence-corrected chi connectivity index (χ4v) is 2.13. The maximum atomic E-state index is 13.5. The Kier molecular flexibility index (Phi) is 5.43. The van der Waals surface area contributed by atoms with Crippen molar-refractivity contribution in [3.05, 3.63) is 58.3 Å². The maximum absolute atomic E-state index is 13.5. The lowest BCUT2D eigenvalue weighted by Gasteiger charge is -2.10. The van der Waals surface area contributed by atoms with Crippen molar-refractivity contribution >= 4 is 15.9 Å². The molecule has 0 unspecified atom stereocenters. The van der Waals surface area contributed by atoms with Gasteiger partial charge < -0.3 is 10.1 Å².